The number of benzene rings is 1. The number of hydrogen-bond acceptors (Lipinski definition) is 7. The lowest BCUT2D eigenvalue weighted by atomic mass is 10.1. The summed E-state index contributed by atoms with van der Waals surface area (Å²) < 4.78 is 12.0. The van der Waals surface area contributed by atoms with E-state index in [9.17, 15) is 9.59 Å². The van der Waals surface area contributed by atoms with Crippen molar-refractivity contribution in [1.29, 1.82) is 0 Å². The molecule has 2 saturated heterocycles. The van der Waals surface area contributed by atoms with Gasteiger partial charge in [0.15, 0.2) is 5.69 Å². The fraction of sp³-hybridized carbons (Fsp3) is 0.583. The van der Waals surface area contributed by atoms with Crippen molar-refractivity contribution in [2.75, 3.05) is 33.4 Å². The lowest BCUT2D eigenvalue weighted by molar-refractivity contribution is -0.136. The van der Waals surface area contributed by atoms with Gasteiger partial charge in [-0.2, -0.15) is 0 Å². The molecule has 1 amide bonds. The van der Waals surface area contributed by atoms with E-state index in [1.807, 2.05) is 24.0 Å². The molecule has 9 nitrogen and oxygen atoms in total. The van der Waals surface area contributed by atoms with Gasteiger partial charge in [0.2, 0.25) is 5.91 Å². The van der Waals surface area contributed by atoms with E-state index >= 15 is 0 Å². The summed E-state index contributed by atoms with van der Waals surface area (Å²) >= 11 is 0. The summed E-state index contributed by atoms with van der Waals surface area (Å²) in [7, 11) is 1.32. The van der Waals surface area contributed by atoms with Crippen molar-refractivity contribution >= 4 is 11.9 Å². The van der Waals surface area contributed by atoms with Gasteiger partial charge in [0, 0.05) is 26.2 Å². The molecule has 3 heterocycles. The Hall–Kier alpha value is -2.94. The number of aromatic nitrogens is 3. The monoisotopic (exact) mass is 455 g/mol. The zero-order valence-electron chi connectivity index (χ0n) is 19.5. The van der Waals surface area contributed by atoms with Crippen molar-refractivity contribution in [3.8, 4) is 5.75 Å². The number of likely N-dealkylation sites (tertiary alicyclic amines) is 2. The minimum absolute atomic E-state index is 0.0421. The van der Waals surface area contributed by atoms with E-state index in [2.05, 4.69) is 27.3 Å². The molecule has 2 aromatic rings. The lowest BCUT2D eigenvalue weighted by Gasteiger charge is -2.29. The van der Waals surface area contributed by atoms with Crippen LogP contribution in [-0.2, 0) is 16.1 Å². The molecule has 1 aromatic heterocycles. The second-order valence-electron chi connectivity index (χ2n) is 8.73. The first-order valence-corrected chi connectivity index (χ1v) is 11.8. The van der Waals surface area contributed by atoms with E-state index in [-0.39, 0.29) is 23.7 Å². The van der Waals surface area contributed by atoms with Crippen LogP contribution in [0.25, 0.3) is 0 Å². The topological polar surface area (TPSA) is 89.8 Å². The van der Waals surface area contributed by atoms with E-state index < -0.39 is 5.97 Å². The first-order chi connectivity index (χ1) is 16.1. The van der Waals surface area contributed by atoms with Crippen molar-refractivity contribution in [2.24, 2.45) is 0 Å². The molecule has 33 heavy (non-hydrogen) atoms. The first-order valence-electron chi connectivity index (χ1n) is 11.8. The highest BCUT2D eigenvalue weighted by molar-refractivity contribution is 5.86. The third-order valence-corrected chi connectivity index (χ3v) is 6.48. The Balaban J connectivity index is 1.53. The first kappa shape index (κ1) is 23.2. The molecule has 0 N–H and O–H groups in total. The zero-order chi connectivity index (χ0) is 23.2. The molecule has 2 aliphatic rings. The van der Waals surface area contributed by atoms with Crippen molar-refractivity contribution in [3.05, 3.63) is 41.7 Å². The largest absolute Gasteiger partial charge is 0.494 e. The molecule has 4 rings (SSSR count). The predicted molar refractivity (Wildman–Crippen MR) is 122 cm³/mol. The van der Waals surface area contributed by atoms with E-state index in [4.69, 9.17) is 9.47 Å². The normalized spacial score (nSPS) is 21.6. The Morgan fingerprint density at radius 3 is 2.48 bits per heavy atom. The van der Waals surface area contributed by atoms with Crippen molar-refractivity contribution < 1.29 is 19.1 Å². The molecule has 178 valence electrons. The molecular formula is C24H33N5O4. The Labute approximate surface area is 194 Å². The van der Waals surface area contributed by atoms with Crippen LogP contribution in [0.4, 0.5) is 0 Å². The number of methoxy groups -OCH3 is 1. The summed E-state index contributed by atoms with van der Waals surface area (Å²) in [6.07, 6.45) is 6.74. The number of amides is 1. The van der Waals surface area contributed by atoms with Crippen LogP contribution in [0.3, 0.4) is 0 Å². The Bertz CT molecular complexity index is 937. The molecule has 0 radical (unpaired) electrons. The highest BCUT2D eigenvalue weighted by atomic mass is 16.5. The smallest absolute Gasteiger partial charge is 0.360 e. The second kappa shape index (κ2) is 10.8. The molecule has 0 unspecified atom stereocenters. The minimum Gasteiger partial charge on any atom is -0.494 e. The minimum atomic E-state index is -0.511. The van der Waals surface area contributed by atoms with Gasteiger partial charge < -0.3 is 14.4 Å². The fourth-order valence-electron chi connectivity index (χ4n) is 4.75. The molecule has 0 spiro atoms. The van der Waals surface area contributed by atoms with Crippen LogP contribution in [0.2, 0.25) is 0 Å². The van der Waals surface area contributed by atoms with Crippen LogP contribution in [0.5, 0.6) is 5.75 Å². The number of carbonyl (C=O) groups excluding carboxylic acids is 2. The number of hydrogen-bond donors (Lipinski definition) is 0. The number of nitrogens with zero attached hydrogens (tertiary/aromatic N) is 5. The van der Waals surface area contributed by atoms with Crippen molar-refractivity contribution in [3.63, 3.8) is 0 Å². The van der Waals surface area contributed by atoms with Gasteiger partial charge >= 0.3 is 5.97 Å². The van der Waals surface area contributed by atoms with Crippen LogP contribution in [0, 0.1) is 0 Å². The average Bonchev–Trinajstić information content (AvgIpc) is 3.39. The molecule has 0 aliphatic carbocycles. The maximum absolute atomic E-state index is 13.6. The maximum Gasteiger partial charge on any atom is 0.360 e. The van der Waals surface area contributed by atoms with Crippen molar-refractivity contribution in [2.45, 2.75) is 57.7 Å². The predicted octanol–water partition coefficient (Wildman–Crippen LogP) is 2.68. The van der Waals surface area contributed by atoms with E-state index in [0.29, 0.717) is 26.1 Å². The summed E-state index contributed by atoms with van der Waals surface area (Å²) in [6.45, 7) is 5.56. The SMILES string of the molecule is CCOc1ccc(CN2C[C@@H](n3cc(C(=O)OC)nn3)C[C@H]2C(=O)N2CCCCCC2)cc1. The zero-order valence-corrected chi connectivity index (χ0v) is 19.5. The average molecular weight is 456 g/mol. The standard InChI is InChI=1S/C24H33N5O4/c1-3-33-20-10-8-18(9-11-20)15-28-16-19(29-17-21(25-26-29)24(31)32-2)14-22(28)23(30)27-12-6-4-5-7-13-27/h8-11,17,19,22H,3-7,12-16H2,1-2H3/t19-,22-/m0/s1. The number of rotatable bonds is 7. The Kier molecular flexibility index (Phi) is 7.59. The summed E-state index contributed by atoms with van der Waals surface area (Å²) in [5, 5.41) is 8.11. The molecule has 9 heteroatoms. The lowest BCUT2D eigenvalue weighted by Crippen LogP contribution is -2.45. The maximum atomic E-state index is 13.6. The van der Waals surface area contributed by atoms with Gasteiger partial charge in [-0.25, -0.2) is 9.48 Å². The number of ether oxygens (including phenoxy) is 2. The Morgan fingerprint density at radius 1 is 1.09 bits per heavy atom. The fourth-order valence-corrected chi connectivity index (χ4v) is 4.75. The highest BCUT2D eigenvalue weighted by Gasteiger charge is 2.40. The molecule has 2 aliphatic heterocycles. The third-order valence-electron chi connectivity index (χ3n) is 6.48. The number of esters is 1. The van der Waals surface area contributed by atoms with Crippen LogP contribution in [0.15, 0.2) is 30.5 Å². The molecule has 1 aromatic carbocycles. The number of carbonyl (C=O) groups is 2. The van der Waals surface area contributed by atoms with Crippen molar-refractivity contribution in [1.82, 2.24) is 24.8 Å². The molecule has 2 atom stereocenters. The molecular weight excluding hydrogens is 422 g/mol. The third kappa shape index (κ3) is 5.52. The second-order valence-corrected chi connectivity index (χ2v) is 8.73. The van der Waals surface area contributed by atoms with Gasteiger partial charge in [-0.15, -0.1) is 5.10 Å². The molecule has 0 bridgehead atoms. The van der Waals surface area contributed by atoms with Gasteiger partial charge in [-0.05, 0) is 43.9 Å². The van der Waals surface area contributed by atoms with E-state index in [0.717, 1.165) is 37.2 Å². The van der Waals surface area contributed by atoms with Gasteiger partial charge in [-0.3, -0.25) is 9.69 Å². The summed E-state index contributed by atoms with van der Waals surface area (Å²) in [6, 6.07) is 7.77. The van der Waals surface area contributed by atoms with Gasteiger partial charge in [0.05, 0.1) is 32.0 Å². The highest BCUT2D eigenvalue weighted by Crippen LogP contribution is 2.31. The summed E-state index contributed by atoms with van der Waals surface area (Å²) in [5.41, 5.74) is 1.31. The van der Waals surface area contributed by atoms with Crippen LogP contribution in [0.1, 0.15) is 61.1 Å². The van der Waals surface area contributed by atoms with Gasteiger partial charge in [0.1, 0.15) is 5.75 Å². The van der Waals surface area contributed by atoms with Crippen LogP contribution in [-0.4, -0.2) is 76.1 Å². The van der Waals surface area contributed by atoms with Crippen LogP contribution < -0.4 is 4.74 Å². The molecule has 2 fully saturated rings. The summed E-state index contributed by atoms with van der Waals surface area (Å²) in [4.78, 5) is 29.7. The molecule has 0 saturated carbocycles. The van der Waals surface area contributed by atoms with E-state index in [1.54, 1.807) is 10.9 Å². The summed E-state index contributed by atoms with van der Waals surface area (Å²) in [5.74, 6) is 0.525. The van der Waals surface area contributed by atoms with Gasteiger partial charge in [-0.1, -0.05) is 30.2 Å². The van der Waals surface area contributed by atoms with E-state index in [1.165, 1.54) is 20.0 Å². The quantitative estimate of drug-likeness (QED) is 0.593. The Morgan fingerprint density at radius 2 is 1.82 bits per heavy atom. The van der Waals surface area contributed by atoms with Gasteiger partial charge in [0.25, 0.3) is 0 Å². The van der Waals surface area contributed by atoms with Crippen LogP contribution >= 0.6 is 0 Å².